The predicted molar refractivity (Wildman–Crippen MR) is 81.1 cm³/mol. The Hall–Kier alpha value is -1.18. The zero-order valence-electron chi connectivity index (χ0n) is 12.2. The Morgan fingerprint density at radius 3 is 2.57 bits per heavy atom. The predicted octanol–water partition coefficient (Wildman–Crippen LogP) is 1.62. The van der Waals surface area contributed by atoms with Gasteiger partial charge in [-0.1, -0.05) is 6.92 Å². The largest absolute Gasteiger partial charge is 0.382 e. The molecule has 1 aromatic carbocycles. The molecule has 0 atom stereocenters. The van der Waals surface area contributed by atoms with Crippen LogP contribution in [0.5, 0.6) is 0 Å². The molecule has 2 rings (SSSR count). The van der Waals surface area contributed by atoms with Crippen LogP contribution in [0, 0.1) is 11.7 Å². The SMILES string of the molecule is CCN1CCC(CNc2ccc(S(N)(=O)=O)cc2F)CC1. The molecule has 0 amide bonds. The molecular formula is C14H22FN3O2S. The zero-order chi connectivity index (χ0) is 15.5. The molecule has 3 N–H and O–H groups in total. The van der Waals surface area contributed by atoms with Gasteiger partial charge in [0, 0.05) is 6.54 Å². The van der Waals surface area contributed by atoms with Crippen LogP contribution < -0.4 is 10.5 Å². The van der Waals surface area contributed by atoms with Crippen molar-refractivity contribution in [3.8, 4) is 0 Å². The summed E-state index contributed by atoms with van der Waals surface area (Å²) in [4.78, 5) is 2.19. The van der Waals surface area contributed by atoms with Gasteiger partial charge in [-0.2, -0.15) is 0 Å². The minimum absolute atomic E-state index is 0.207. The fourth-order valence-corrected chi connectivity index (χ4v) is 3.10. The summed E-state index contributed by atoms with van der Waals surface area (Å²) >= 11 is 0. The van der Waals surface area contributed by atoms with Crippen LogP contribution in [0.2, 0.25) is 0 Å². The quantitative estimate of drug-likeness (QED) is 0.866. The molecule has 7 heteroatoms. The van der Waals surface area contributed by atoms with Gasteiger partial charge in [-0.25, -0.2) is 17.9 Å². The highest BCUT2D eigenvalue weighted by Gasteiger charge is 2.18. The van der Waals surface area contributed by atoms with E-state index in [-0.39, 0.29) is 4.90 Å². The van der Waals surface area contributed by atoms with E-state index in [1.807, 2.05) is 0 Å². The third-order valence-corrected chi connectivity index (χ3v) is 4.92. The summed E-state index contributed by atoms with van der Waals surface area (Å²) in [6.07, 6.45) is 2.19. The number of rotatable bonds is 5. The number of piperidine rings is 1. The van der Waals surface area contributed by atoms with Crippen molar-refractivity contribution in [3.05, 3.63) is 24.0 Å². The van der Waals surface area contributed by atoms with Crippen LogP contribution in [0.3, 0.4) is 0 Å². The minimum Gasteiger partial charge on any atom is -0.382 e. The highest BCUT2D eigenvalue weighted by atomic mass is 32.2. The number of primary sulfonamides is 1. The number of nitrogens with two attached hydrogens (primary N) is 1. The van der Waals surface area contributed by atoms with E-state index in [2.05, 4.69) is 17.1 Å². The van der Waals surface area contributed by atoms with Gasteiger partial charge >= 0.3 is 0 Å². The molecular weight excluding hydrogens is 293 g/mol. The van der Waals surface area contributed by atoms with Crippen molar-refractivity contribution < 1.29 is 12.8 Å². The second kappa shape index (κ2) is 6.72. The number of nitrogens with zero attached hydrogens (tertiary/aromatic N) is 1. The number of hydrogen-bond acceptors (Lipinski definition) is 4. The summed E-state index contributed by atoms with van der Waals surface area (Å²) in [5.74, 6) is -0.0716. The van der Waals surface area contributed by atoms with Crippen molar-refractivity contribution >= 4 is 15.7 Å². The van der Waals surface area contributed by atoms with E-state index < -0.39 is 15.8 Å². The first kappa shape index (κ1) is 16.2. The van der Waals surface area contributed by atoms with Crippen molar-refractivity contribution in [2.75, 3.05) is 31.5 Å². The topological polar surface area (TPSA) is 75.4 Å². The second-order valence-electron chi connectivity index (χ2n) is 5.45. The van der Waals surface area contributed by atoms with Crippen LogP contribution in [0.4, 0.5) is 10.1 Å². The van der Waals surface area contributed by atoms with Gasteiger partial charge in [-0.05, 0) is 56.6 Å². The normalized spacial score (nSPS) is 17.9. The molecule has 0 unspecified atom stereocenters. The maximum atomic E-state index is 13.9. The van der Waals surface area contributed by atoms with E-state index in [1.54, 1.807) is 0 Å². The number of anilines is 1. The third-order valence-electron chi connectivity index (χ3n) is 4.00. The summed E-state index contributed by atoms with van der Waals surface area (Å²) in [6, 6.07) is 3.70. The van der Waals surface area contributed by atoms with Gasteiger partial charge in [0.2, 0.25) is 10.0 Å². The Labute approximate surface area is 125 Å². The molecule has 21 heavy (non-hydrogen) atoms. The Bertz CT molecular complexity index is 584. The standard InChI is InChI=1S/C14H22FN3O2S/c1-2-18-7-5-11(6-8-18)10-17-14-4-3-12(9-13(14)15)21(16,19)20/h3-4,9,11,17H,2,5-8,10H2,1H3,(H2,16,19,20). The van der Waals surface area contributed by atoms with E-state index in [4.69, 9.17) is 5.14 Å². The molecule has 1 heterocycles. The average molecular weight is 315 g/mol. The van der Waals surface area contributed by atoms with E-state index in [9.17, 15) is 12.8 Å². The monoisotopic (exact) mass is 315 g/mol. The fraction of sp³-hybridized carbons (Fsp3) is 0.571. The number of nitrogens with one attached hydrogen (secondary N) is 1. The van der Waals surface area contributed by atoms with Gasteiger partial charge in [0.25, 0.3) is 0 Å². The van der Waals surface area contributed by atoms with Gasteiger partial charge in [0.15, 0.2) is 0 Å². The molecule has 0 aromatic heterocycles. The molecule has 1 saturated heterocycles. The Kier molecular flexibility index (Phi) is 5.18. The first-order chi connectivity index (χ1) is 9.90. The Morgan fingerprint density at radius 1 is 1.38 bits per heavy atom. The average Bonchev–Trinajstić information content (AvgIpc) is 2.45. The highest BCUT2D eigenvalue weighted by molar-refractivity contribution is 7.89. The summed E-state index contributed by atoms with van der Waals surface area (Å²) in [7, 11) is -3.86. The summed E-state index contributed by atoms with van der Waals surface area (Å²) in [5, 5.41) is 8.04. The smallest absolute Gasteiger partial charge is 0.238 e. The van der Waals surface area contributed by atoms with Crippen molar-refractivity contribution in [3.63, 3.8) is 0 Å². The number of benzene rings is 1. The van der Waals surface area contributed by atoms with Gasteiger partial charge in [0.1, 0.15) is 5.82 Å². The van der Waals surface area contributed by atoms with Crippen molar-refractivity contribution in [1.82, 2.24) is 4.90 Å². The summed E-state index contributed by atoms with van der Waals surface area (Å²) in [5.41, 5.74) is 0.320. The molecule has 1 aromatic rings. The summed E-state index contributed by atoms with van der Waals surface area (Å²) < 4.78 is 36.2. The lowest BCUT2D eigenvalue weighted by Crippen LogP contribution is -2.35. The molecule has 1 aliphatic rings. The van der Waals surface area contributed by atoms with Crippen LogP contribution >= 0.6 is 0 Å². The molecule has 5 nitrogen and oxygen atoms in total. The molecule has 0 radical (unpaired) electrons. The molecule has 1 aliphatic heterocycles. The second-order valence-corrected chi connectivity index (χ2v) is 7.01. The first-order valence-electron chi connectivity index (χ1n) is 7.18. The lowest BCUT2D eigenvalue weighted by molar-refractivity contribution is 0.198. The maximum Gasteiger partial charge on any atom is 0.238 e. The lowest BCUT2D eigenvalue weighted by Gasteiger charge is -2.31. The summed E-state index contributed by atoms with van der Waals surface area (Å²) in [6.45, 7) is 6.08. The number of halogens is 1. The lowest BCUT2D eigenvalue weighted by atomic mass is 9.97. The van der Waals surface area contributed by atoms with E-state index >= 15 is 0 Å². The van der Waals surface area contributed by atoms with Crippen LogP contribution in [0.25, 0.3) is 0 Å². The van der Waals surface area contributed by atoms with Crippen molar-refractivity contribution in [2.45, 2.75) is 24.7 Å². The van der Waals surface area contributed by atoms with Crippen molar-refractivity contribution in [1.29, 1.82) is 0 Å². The number of hydrogen-bond donors (Lipinski definition) is 2. The molecule has 0 saturated carbocycles. The van der Waals surface area contributed by atoms with E-state index in [0.29, 0.717) is 18.2 Å². The molecule has 0 aliphatic carbocycles. The molecule has 118 valence electrons. The van der Waals surface area contributed by atoms with E-state index in [0.717, 1.165) is 38.5 Å². The third kappa shape index (κ3) is 4.39. The van der Waals surface area contributed by atoms with Gasteiger partial charge in [0.05, 0.1) is 10.6 Å². The van der Waals surface area contributed by atoms with Crippen LogP contribution in [0.15, 0.2) is 23.1 Å². The highest BCUT2D eigenvalue weighted by Crippen LogP contribution is 2.21. The van der Waals surface area contributed by atoms with Crippen LogP contribution in [-0.4, -0.2) is 39.5 Å². The molecule has 1 fully saturated rings. The van der Waals surface area contributed by atoms with Crippen molar-refractivity contribution in [2.24, 2.45) is 11.1 Å². The van der Waals surface area contributed by atoms with Gasteiger partial charge < -0.3 is 10.2 Å². The maximum absolute atomic E-state index is 13.9. The number of likely N-dealkylation sites (tertiary alicyclic amines) is 1. The fourth-order valence-electron chi connectivity index (χ4n) is 2.58. The van der Waals surface area contributed by atoms with Gasteiger partial charge in [-0.3, -0.25) is 0 Å². The Morgan fingerprint density at radius 2 is 2.05 bits per heavy atom. The first-order valence-corrected chi connectivity index (χ1v) is 8.73. The van der Waals surface area contributed by atoms with Crippen LogP contribution in [0.1, 0.15) is 19.8 Å². The molecule has 0 bridgehead atoms. The van der Waals surface area contributed by atoms with E-state index in [1.165, 1.54) is 12.1 Å². The number of sulfonamides is 1. The Balaban J connectivity index is 1.92. The molecule has 0 spiro atoms. The van der Waals surface area contributed by atoms with Gasteiger partial charge in [-0.15, -0.1) is 0 Å². The van der Waals surface area contributed by atoms with Crippen LogP contribution in [-0.2, 0) is 10.0 Å². The zero-order valence-corrected chi connectivity index (χ0v) is 13.0. The minimum atomic E-state index is -3.86.